The van der Waals surface area contributed by atoms with E-state index >= 15 is 0 Å². The van der Waals surface area contributed by atoms with Gasteiger partial charge in [0.2, 0.25) is 0 Å². The van der Waals surface area contributed by atoms with E-state index in [2.05, 4.69) is 0 Å². The van der Waals surface area contributed by atoms with Crippen molar-refractivity contribution in [1.29, 1.82) is 0 Å². The number of ether oxygens (including phenoxy) is 4. The van der Waals surface area contributed by atoms with E-state index in [0.717, 1.165) is 21.5 Å². The fourth-order valence-electron chi connectivity index (χ4n) is 5.56. The highest BCUT2D eigenvalue weighted by Gasteiger charge is 2.26. The summed E-state index contributed by atoms with van der Waals surface area (Å²) < 4.78 is 46.3. The Bertz CT molecular complexity index is 2050. The van der Waals surface area contributed by atoms with Crippen LogP contribution in [-0.2, 0) is 11.4 Å². The number of carbonyl (C=O) groups is 2. The Kier molecular flexibility index (Phi) is 8.39. The molecule has 0 unspecified atom stereocenters. The molecular weight excluding hydrogens is 632 g/mol. The van der Waals surface area contributed by atoms with E-state index in [1.165, 1.54) is 0 Å². The highest BCUT2D eigenvalue weighted by Crippen LogP contribution is 2.48. The summed E-state index contributed by atoms with van der Waals surface area (Å²) in [5, 5.41) is 2.93. The van der Waals surface area contributed by atoms with Gasteiger partial charge in [-0.15, -0.1) is 0 Å². The zero-order valence-corrected chi connectivity index (χ0v) is 26.7. The molecule has 0 aliphatic carbocycles. The van der Waals surface area contributed by atoms with Crippen LogP contribution in [0.25, 0.3) is 32.7 Å². The van der Waals surface area contributed by atoms with Gasteiger partial charge in [0.15, 0.2) is 11.5 Å². The van der Waals surface area contributed by atoms with Gasteiger partial charge in [0.25, 0.3) is 0 Å². The molecule has 0 saturated carbocycles. The summed E-state index contributed by atoms with van der Waals surface area (Å²) in [5.41, 5.74) is 1.96. The molecule has 0 saturated heterocycles. The molecule has 6 aromatic carbocycles. The molecule has 0 N–H and O–H groups in total. The molecule has 48 heavy (non-hydrogen) atoms. The molecule has 7 rings (SSSR count). The van der Waals surface area contributed by atoms with Gasteiger partial charge in [0, 0.05) is 11.1 Å². The van der Waals surface area contributed by atoms with E-state index in [1.807, 2.05) is 13.8 Å². The van der Waals surface area contributed by atoms with Crippen molar-refractivity contribution in [1.82, 2.24) is 0 Å². The lowest BCUT2D eigenvalue weighted by molar-refractivity contribution is 0.0725. The van der Waals surface area contributed by atoms with Crippen molar-refractivity contribution in [3.05, 3.63) is 120 Å². The normalized spacial score (nSPS) is 12.2. The number of benzene rings is 6. The average Bonchev–Trinajstić information content (AvgIpc) is 3.25. The van der Waals surface area contributed by atoms with Crippen molar-refractivity contribution in [2.45, 2.75) is 13.8 Å². The second-order valence-electron chi connectivity index (χ2n) is 10.7. The molecule has 6 aromatic rings. The third kappa shape index (κ3) is 6.13. The van der Waals surface area contributed by atoms with Crippen LogP contribution < -0.4 is 27.3 Å². The molecular formula is C38H28O9S. The number of rotatable bonds is 8. The lowest BCUT2D eigenvalue weighted by Gasteiger charge is -2.14. The van der Waals surface area contributed by atoms with Crippen LogP contribution in [0.1, 0.15) is 34.6 Å². The molecule has 1 heterocycles. The smallest absolute Gasteiger partial charge is 0.417 e. The van der Waals surface area contributed by atoms with E-state index in [0.29, 0.717) is 70.0 Å². The molecule has 0 spiro atoms. The molecule has 0 amide bonds. The first-order chi connectivity index (χ1) is 23.4. The number of carbonyl (C=O) groups excluding carboxylic acids is 2. The molecule has 0 atom stereocenters. The van der Waals surface area contributed by atoms with Gasteiger partial charge in [0.05, 0.1) is 24.3 Å². The van der Waals surface area contributed by atoms with E-state index in [-0.39, 0.29) is 0 Å². The maximum atomic E-state index is 13.1. The van der Waals surface area contributed by atoms with Gasteiger partial charge in [-0.05, 0) is 120 Å². The summed E-state index contributed by atoms with van der Waals surface area (Å²) in [6.07, 6.45) is 0. The first-order valence-electron chi connectivity index (χ1n) is 15.2. The van der Waals surface area contributed by atoms with Crippen molar-refractivity contribution in [2.24, 2.45) is 0 Å². The first-order valence-corrected chi connectivity index (χ1v) is 16.2. The topological polar surface area (TPSA) is 107 Å². The van der Waals surface area contributed by atoms with Crippen LogP contribution in [0, 0.1) is 0 Å². The molecule has 10 heteroatoms. The highest BCUT2D eigenvalue weighted by molar-refractivity contribution is 7.76. The van der Waals surface area contributed by atoms with Crippen LogP contribution in [0.15, 0.2) is 109 Å². The summed E-state index contributed by atoms with van der Waals surface area (Å²) in [4.78, 5) is 26.2. The second kappa shape index (κ2) is 13.1. The van der Waals surface area contributed by atoms with Gasteiger partial charge in [-0.1, -0.05) is 24.3 Å². The van der Waals surface area contributed by atoms with Crippen molar-refractivity contribution in [3.63, 3.8) is 0 Å². The Labute approximate surface area is 278 Å². The van der Waals surface area contributed by atoms with Crippen molar-refractivity contribution < 1.29 is 41.1 Å². The molecule has 1 aliphatic rings. The van der Waals surface area contributed by atoms with E-state index in [9.17, 15) is 13.8 Å². The molecule has 9 nitrogen and oxygen atoms in total. The van der Waals surface area contributed by atoms with E-state index in [4.69, 9.17) is 27.3 Å². The van der Waals surface area contributed by atoms with E-state index < -0.39 is 23.3 Å². The number of hydrogen-bond donors (Lipinski definition) is 0. The number of hydrogen-bond acceptors (Lipinski definition) is 9. The summed E-state index contributed by atoms with van der Waals surface area (Å²) in [6.45, 7) is 4.86. The molecule has 240 valence electrons. The molecule has 1 aliphatic heterocycles. The lowest BCUT2D eigenvalue weighted by atomic mass is 9.91. The fourth-order valence-corrected chi connectivity index (χ4v) is 6.17. The van der Waals surface area contributed by atoms with Crippen LogP contribution in [0.4, 0.5) is 0 Å². The van der Waals surface area contributed by atoms with Crippen LogP contribution in [0.3, 0.4) is 0 Å². The number of fused-ring (bicyclic) bond motifs is 7. The standard InChI is InChI=1S/C38H28O9S/c1-3-42-27-9-13-29(14-10-27)44-37(39)25-5-17-31-23(21-25)7-19-33-35(31)36-32-18-6-26(22-24(32)8-20-34(36)47-48(41)46-33)38(40)45-30-15-11-28(12-16-30)43-4-2/h5-22H,3-4H2,1-2H3. The third-order valence-corrected chi connectivity index (χ3v) is 8.32. The summed E-state index contributed by atoms with van der Waals surface area (Å²) in [6, 6.07) is 31.0. The third-order valence-electron chi connectivity index (χ3n) is 7.69. The Hall–Kier alpha value is -5.87. The Morgan fingerprint density at radius 3 is 1.33 bits per heavy atom. The fraction of sp³-hybridized carbons (Fsp3) is 0.105. The van der Waals surface area contributed by atoms with Crippen LogP contribution in [0.2, 0.25) is 0 Å². The van der Waals surface area contributed by atoms with Crippen molar-refractivity contribution in [3.8, 4) is 45.6 Å². The summed E-state index contributed by atoms with van der Waals surface area (Å²) in [5.74, 6) is 1.79. The van der Waals surface area contributed by atoms with Gasteiger partial charge >= 0.3 is 23.3 Å². The average molecular weight is 661 g/mol. The van der Waals surface area contributed by atoms with Crippen molar-refractivity contribution >= 4 is 44.8 Å². The SMILES string of the molecule is CCOc1ccc(OC(=O)c2ccc3c4c(ccc3c2)OS(=O)Oc2ccc3cc(C(=O)Oc5ccc(OCC)cc5)ccc3c2-4)cc1. The van der Waals surface area contributed by atoms with Crippen LogP contribution >= 0.6 is 0 Å². The number of esters is 2. The lowest BCUT2D eigenvalue weighted by Crippen LogP contribution is -2.08. The van der Waals surface area contributed by atoms with Crippen LogP contribution in [0.5, 0.6) is 34.5 Å². The van der Waals surface area contributed by atoms with E-state index in [1.54, 1.807) is 109 Å². The molecule has 0 aromatic heterocycles. The monoisotopic (exact) mass is 660 g/mol. The summed E-state index contributed by atoms with van der Waals surface area (Å²) in [7, 11) is 0. The quantitative estimate of drug-likeness (QED) is 0.118. The Morgan fingerprint density at radius 1 is 0.542 bits per heavy atom. The van der Waals surface area contributed by atoms with Gasteiger partial charge < -0.3 is 27.3 Å². The van der Waals surface area contributed by atoms with Gasteiger partial charge in [-0.2, -0.15) is 4.21 Å². The maximum Gasteiger partial charge on any atom is 0.417 e. The van der Waals surface area contributed by atoms with Gasteiger partial charge in [0.1, 0.15) is 23.0 Å². The van der Waals surface area contributed by atoms with Gasteiger partial charge in [-0.3, -0.25) is 0 Å². The molecule has 0 radical (unpaired) electrons. The molecule has 0 bridgehead atoms. The highest BCUT2D eigenvalue weighted by atomic mass is 32.2. The zero-order valence-electron chi connectivity index (χ0n) is 25.9. The van der Waals surface area contributed by atoms with Crippen molar-refractivity contribution in [2.75, 3.05) is 13.2 Å². The predicted octanol–water partition coefficient (Wildman–Crippen LogP) is 8.25. The maximum absolute atomic E-state index is 13.1. The first kappa shape index (κ1) is 30.8. The minimum atomic E-state index is -2.11. The largest absolute Gasteiger partial charge is 0.494 e. The predicted molar refractivity (Wildman–Crippen MR) is 181 cm³/mol. The minimum Gasteiger partial charge on any atom is -0.494 e. The zero-order chi connectivity index (χ0) is 33.2. The van der Waals surface area contributed by atoms with Crippen LogP contribution in [-0.4, -0.2) is 29.4 Å². The Morgan fingerprint density at radius 2 is 0.938 bits per heavy atom. The summed E-state index contributed by atoms with van der Waals surface area (Å²) >= 11 is -2.11. The second-order valence-corrected chi connectivity index (χ2v) is 11.4. The Balaban J connectivity index is 1.23. The molecule has 0 fully saturated rings. The van der Waals surface area contributed by atoms with Gasteiger partial charge in [-0.25, -0.2) is 9.59 Å². The minimum absolute atomic E-state index is 0.343.